The third kappa shape index (κ3) is 2.64. The molecule has 8 nitrogen and oxygen atoms in total. The van der Waals surface area contributed by atoms with E-state index in [1.54, 1.807) is 0 Å². The summed E-state index contributed by atoms with van der Waals surface area (Å²) in [7, 11) is -2.56. The number of methoxy groups -OCH3 is 1. The number of carbonyl (C=O) groups is 2. The van der Waals surface area contributed by atoms with E-state index in [1.807, 2.05) is 0 Å². The first-order valence-corrected chi connectivity index (χ1v) is 9.19. The zero-order chi connectivity index (χ0) is 17.6. The molecular formula is C15H20O8S. The van der Waals surface area contributed by atoms with Crippen molar-refractivity contribution in [1.82, 2.24) is 0 Å². The van der Waals surface area contributed by atoms with Crippen LogP contribution in [0, 0.1) is 17.8 Å². The highest BCUT2D eigenvalue weighted by Crippen LogP contribution is 2.58. The Bertz CT molecular complexity index is 669. The molecule has 134 valence electrons. The molecule has 0 amide bonds. The molecule has 3 aliphatic rings. The second-order valence-corrected chi connectivity index (χ2v) is 8.10. The van der Waals surface area contributed by atoms with E-state index in [9.17, 15) is 18.0 Å². The molecule has 3 rings (SSSR count). The van der Waals surface area contributed by atoms with Gasteiger partial charge in [-0.15, -0.1) is 0 Å². The number of esters is 2. The zero-order valence-electron chi connectivity index (χ0n) is 13.5. The first-order valence-electron chi connectivity index (χ1n) is 7.72. The lowest BCUT2D eigenvalue weighted by Gasteiger charge is -2.30. The molecular weight excluding hydrogens is 340 g/mol. The number of carbonyl (C=O) groups excluding carboxylic acids is 2. The molecule has 0 spiro atoms. The largest absolute Gasteiger partial charge is 0.469 e. The molecule has 24 heavy (non-hydrogen) atoms. The monoisotopic (exact) mass is 360 g/mol. The van der Waals surface area contributed by atoms with E-state index in [2.05, 4.69) is 6.58 Å². The van der Waals surface area contributed by atoms with Gasteiger partial charge in [0.25, 0.3) is 10.1 Å². The Balaban J connectivity index is 1.67. The van der Waals surface area contributed by atoms with Crippen molar-refractivity contribution >= 4 is 22.1 Å². The van der Waals surface area contributed by atoms with E-state index in [1.165, 1.54) is 14.0 Å². The Morgan fingerprint density at radius 2 is 1.96 bits per heavy atom. The minimum absolute atomic E-state index is 0.0192. The van der Waals surface area contributed by atoms with E-state index in [-0.39, 0.29) is 30.6 Å². The van der Waals surface area contributed by atoms with Gasteiger partial charge in [0.2, 0.25) is 0 Å². The van der Waals surface area contributed by atoms with E-state index in [4.69, 9.17) is 18.4 Å². The van der Waals surface area contributed by atoms with Gasteiger partial charge in [-0.05, 0) is 13.3 Å². The highest BCUT2D eigenvalue weighted by atomic mass is 32.2. The van der Waals surface area contributed by atoms with Gasteiger partial charge in [-0.25, -0.2) is 4.79 Å². The first-order chi connectivity index (χ1) is 11.3. The number of rotatable bonds is 6. The van der Waals surface area contributed by atoms with Crippen LogP contribution in [0.1, 0.15) is 13.3 Å². The Labute approximate surface area is 140 Å². The third-order valence-corrected chi connectivity index (χ3v) is 6.78. The van der Waals surface area contributed by atoms with Crippen molar-refractivity contribution in [3.63, 3.8) is 0 Å². The van der Waals surface area contributed by atoms with Crippen molar-refractivity contribution in [2.24, 2.45) is 17.8 Å². The molecule has 2 bridgehead atoms. The maximum atomic E-state index is 12.2. The Morgan fingerprint density at radius 1 is 1.25 bits per heavy atom. The van der Waals surface area contributed by atoms with Gasteiger partial charge in [-0.3, -0.25) is 8.98 Å². The molecule has 6 atom stereocenters. The van der Waals surface area contributed by atoms with Gasteiger partial charge < -0.3 is 14.2 Å². The molecule has 6 unspecified atom stereocenters. The molecule has 2 saturated carbocycles. The molecule has 1 heterocycles. The fourth-order valence-corrected chi connectivity index (χ4v) is 6.15. The summed E-state index contributed by atoms with van der Waals surface area (Å²) in [6, 6.07) is 0. The normalized spacial score (nSPS) is 38.1. The summed E-state index contributed by atoms with van der Waals surface area (Å²) in [5, 5.41) is -0.846. The summed E-state index contributed by atoms with van der Waals surface area (Å²) in [4.78, 5) is 23.4. The highest BCUT2D eigenvalue weighted by molar-refractivity contribution is 7.87. The summed E-state index contributed by atoms with van der Waals surface area (Å²) < 4.78 is 45.0. The minimum atomic E-state index is -3.80. The van der Waals surface area contributed by atoms with Crippen LogP contribution in [0.2, 0.25) is 0 Å². The van der Waals surface area contributed by atoms with Gasteiger partial charge in [0.05, 0.1) is 25.7 Å². The van der Waals surface area contributed by atoms with Crippen LogP contribution in [-0.2, 0) is 38.1 Å². The predicted molar refractivity (Wildman–Crippen MR) is 80.2 cm³/mol. The van der Waals surface area contributed by atoms with E-state index >= 15 is 0 Å². The van der Waals surface area contributed by atoms with Crippen LogP contribution < -0.4 is 0 Å². The SMILES string of the molecule is C=C(C)C(=O)OCCOC1C2CC3C1OS(=O)(=O)C3C2C(=O)OC. The Kier molecular flexibility index (Phi) is 4.43. The predicted octanol–water partition coefficient (Wildman–Crippen LogP) is 0.0270. The van der Waals surface area contributed by atoms with Gasteiger partial charge in [-0.1, -0.05) is 6.58 Å². The molecule has 2 aliphatic carbocycles. The van der Waals surface area contributed by atoms with Crippen LogP contribution in [0.4, 0.5) is 0 Å². The summed E-state index contributed by atoms with van der Waals surface area (Å²) in [6.07, 6.45) is -0.566. The van der Waals surface area contributed by atoms with Crippen LogP contribution in [0.5, 0.6) is 0 Å². The smallest absolute Gasteiger partial charge is 0.333 e. The standard InChI is InChI=1S/C15H20O8S/c1-7(2)14(16)22-5-4-21-11-8-6-9-12(11)23-24(18,19)13(9)10(8)15(17)20-3/h8-13H,1,4-6H2,2-3H3. The molecule has 0 aromatic carbocycles. The maximum absolute atomic E-state index is 12.2. The second-order valence-electron chi connectivity index (χ2n) is 6.38. The molecule has 1 aliphatic heterocycles. The Hall–Kier alpha value is -1.45. The van der Waals surface area contributed by atoms with Crippen LogP contribution >= 0.6 is 0 Å². The van der Waals surface area contributed by atoms with Crippen LogP contribution in [0.3, 0.4) is 0 Å². The van der Waals surface area contributed by atoms with Crippen LogP contribution in [0.15, 0.2) is 12.2 Å². The maximum Gasteiger partial charge on any atom is 0.333 e. The van der Waals surface area contributed by atoms with E-state index < -0.39 is 45.4 Å². The van der Waals surface area contributed by atoms with Crippen LogP contribution in [-0.4, -0.2) is 58.1 Å². The molecule has 0 aromatic rings. The lowest BCUT2D eigenvalue weighted by atomic mass is 9.84. The molecule has 0 aromatic heterocycles. The third-order valence-electron chi connectivity index (χ3n) is 4.98. The van der Waals surface area contributed by atoms with Crippen molar-refractivity contribution in [3.05, 3.63) is 12.2 Å². The molecule has 9 heteroatoms. The molecule has 0 N–H and O–H groups in total. The van der Waals surface area contributed by atoms with Crippen molar-refractivity contribution in [2.45, 2.75) is 30.8 Å². The summed E-state index contributed by atoms with van der Waals surface area (Å²) >= 11 is 0. The fourth-order valence-electron chi connectivity index (χ4n) is 4.10. The van der Waals surface area contributed by atoms with Crippen molar-refractivity contribution < 1.29 is 36.4 Å². The topological polar surface area (TPSA) is 105 Å². The number of hydrogen-bond acceptors (Lipinski definition) is 8. The Morgan fingerprint density at radius 3 is 2.58 bits per heavy atom. The highest BCUT2D eigenvalue weighted by Gasteiger charge is 2.71. The minimum Gasteiger partial charge on any atom is -0.469 e. The van der Waals surface area contributed by atoms with Gasteiger partial charge in [0.1, 0.15) is 18.0 Å². The molecule has 1 saturated heterocycles. The summed E-state index contributed by atoms with van der Waals surface area (Å²) in [5.41, 5.74) is 0.286. The number of hydrogen-bond donors (Lipinski definition) is 0. The number of fused-ring (bicyclic) bond motifs is 1. The summed E-state index contributed by atoms with van der Waals surface area (Å²) in [6.45, 7) is 5.12. The second kappa shape index (κ2) is 6.12. The van der Waals surface area contributed by atoms with Crippen LogP contribution in [0.25, 0.3) is 0 Å². The van der Waals surface area contributed by atoms with Gasteiger partial charge in [0.15, 0.2) is 0 Å². The van der Waals surface area contributed by atoms with Crippen molar-refractivity contribution in [2.75, 3.05) is 20.3 Å². The van der Waals surface area contributed by atoms with Gasteiger partial charge >= 0.3 is 11.9 Å². The van der Waals surface area contributed by atoms with Crippen molar-refractivity contribution in [1.29, 1.82) is 0 Å². The first kappa shape index (κ1) is 17.4. The van der Waals surface area contributed by atoms with E-state index in [0.29, 0.717) is 6.42 Å². The van der Waals surface area contributed by atoms with Gasteiger partial charge in [-0.2, -0.15) is 8.42 Å². The molecule has 3 fully saturated rings. The lowest BCUT2D eigenvalue weighted by molar-refractivity contribution is -0.151. The average molecular weight is 360 g/mol. The quantitative estimate of drug-likeness (QED) is 0.283. The zero-order valence-corrected chi connectivity index (χ0v) is 14.3. The number of ether oxygens (including phenoxy) is 3. The summed E-state index contributed by atoms with van der Waals surface area (Å²) in [5.74, 6) is -2.37. The average Bonchev–Trinajstić information content (AvgIpc) is 3.11. The lowest BCUT2D eigenvalue weighted by Crippen LogP contribution is -2.45. The van der Waals surface area contributed by atoms with Gasteiger partial charge in [0, 0.05) is 17.4 Å². The molecule has 0 radical (unpaired) electrons. The van der Waals surface area contributed by atoms with Crippen molar-refractivity contribution in [3.8, 4) is 0 Å². The van der Waals surface area contributed by atoms with E-state index in [0.717, 1.165) is 0 Å². The fraction of sp³-hybridized carbons (Fsp3) is 0.733.